The molecule has 1 aliphatic rings. The molecule has 10 nitrogen and oxygen atoms in total. The largest absolute Gasteiger partial charge is 0.505 e. The number of carbonyl (C=O) groups excluding carboxylic acids is 2. The van der Waals surface area contributed by atoms with Gasteiger partial charge in [-0.2, -0.15) is 0 Å². The summed E-state index contributed by atoms with van der Waals surface area (Å²) in [5.74, 6) is -1.61. The maximum absolute atomic E-state index is 14.2. The molecule has 0 aliphatic heterocycles. The van der Waals surface area contributed by atoms with Crippen molar-refractivity contribution < 1.29 is 28.6 Å². The van der Waals surface area contributed by atoms with Crippen LogP contribution in [0, 0.1) is 5.82 Å². The second kappa shape index (κ2) is 14.0. The number of nitrogens with one attached hydrogen (secondary N) is 1. The van der Waals surface area contributed by atoms with Crippen molar-refractivity contribution in [1.29, 1.82) is 0 Å². The van der Waals surface area contributed by atoms with Crippen LogP contribution >= 0.6 is 0 Å². The van der Waals surface area contributed by atoms with Crippen molar-refractivity contribution in [2.75, 3.05) is 14.2 Å². The van der Waals surface area contributed by atoms with Gasteiger partial charge in [0.2, 0.25) is 0 Å². The van der Waals surface area contributed by atoms with Crippen molar-refractivity contribution >= 4 is 23.3 Å². The van der Waals surface area contributed by atoms with E-state index in [0.717, 1.165) is 37.0 Å². The first kappa shape index (κ1) is 30.0. The number of aliphatic hydroxyl groups excluding tert-OH is 1. The van der Waals surface area contributed by atoms with Gasteiger partial charge in [-0.05, 0) is 60.3 Å². The Morgan fingerprint density at radius 2 is 1.71 bits per heavy atom. The summed E-state index contributed by atoms with van der Waals surface area (Å²) in [4.78, 5) is 32.2. The standard InChI is InChI=1S/C31H32FN5O5/c1-41-26-17-14-21(18-27(26)42-2)29(38)28(30(39)34-23-8-4-3-5-9-23)37(19-20-12-15-22(32)16-13-20)31(40)24-10-6-7-11-25(24)35-36-33/h6-7,10-18,23,38H,3-5,8-9,19H2,1-2H3,(H,34,39)/b29-28+. The van der Waals surface area contributed by atoms with Crippen LogP contribution in [0.15, 0.2) is 77.5 Å². The molecule has 0 unspecified atom stereocenters. The Morgan fingerprint density at radius 1 is 1.02 bits per heavy atom. The first-order valence-electron chi connectivity index (χ1n) is 13.5. The van der Waals surface area contributed by atoms with Crippen molar-refractivity contribution in [2.24, 2.45) is 5.11 Å². The molecular weight excluding hydrogens is 541 g/mol. The van der Waals surface area contributed by atoms with Crippen LogP contribution in [0.5, 0.6) is 11.5 Å². The number of aliphatic hydroxyl groups is 1. The minimum absolute atomic E-state index is 0.0143. The van der Waals surface area contributed by atoms with E-state index >= 15 is 0 Å². The molecule has 1 aliphatic carbocycles. The SMILES string of the molecule is COc1ccc(/C(O)=C(/C(=O)NC2CCCCC2)N(Cc2ccc(F)cc2)C(=O)c2ccccc2N=[N+]=[N-])cc1OC. The number of nitrogens with zero attached hydrogens (tertiary/aromatic N) is 4. The molecule has 0 aromatic heterocycles. The second-order valence-electron chi connectivity index (χ2n) is 9.80. The second-order valence-corrected chi connectivity index (χ2v) is 9.80. The van der Waals surface area contributed by atoms with E-state index in [1.807, 2.05) is 0 Å². The molecule has 2 amide bonds. The van der Waals surface area contributed by atoms with E-state index in [9.17, 15) is 19.1 Å². The maximum Gasteiger partial charge on any atom is 0.272 e. The third kappa shape index (κ3) is 7.00. The summed E-state index contributed by atoms with van der Waals surface area (Å²) in [6, 6.07) is 16.1. The average Bonchev–Trinajstić information content (AvgIpc) is 3.01. The number of azide groups is 1. The normalized spacial score (nSPS) is 13.8. The monoisotopic (exact) mass is 573 g/mol. The summed E-state index contributed by atoms with van der Waals surface area (Å²) in [6.45, 7) is -0.200. The van der Waals surface area contributed by atoms with E-state index < -0.39 is 23.4 Å². The number of ether oxygens (including phenoxy) is 2. The van der Waals surface area contributed by atoms with Crippen LogP contribution in [0.3, 0.4) is 0 Å². The first-order chi connectivity index (χ1) is 20.4. The molecule has 0 atom stereocenters. The highest BCUT2D eigenvalue weighted by Gasteiger charge is 2.32. The van der Waals surface area contributed by atoms with E-state index in [4.69, 9.17) is 15.0 Å². The molecule has 0 heterocycles. The maximum atomic E-state index is 14.2. The number of benzene rings is 3. The van der Waals surface area contributed by atoms with Crippen molar-refractivity contribution in [2.45, 2.75) is 44.7 Å². The molecule has 3 aromatic rings. The molecule has 0 saturated heterocycles. The molecule has 4 rings (SSSR count). The van der Waals surface area contributed by atoms with Gasteiger partial charge in [0.15, 0.2) is 23.0 Å². The van der Waals surface area contributed by atoms with E-state index in [1.165, 1.54) is 56.7 Å². The summed E-state index contributed by atoms with van der Waals surface area (Å²) in [7, 11) is 2.91. The molecule has 2 N–H and O–H groups in total. The number of methoxy groups -OCH3 is 2. The van der Waals surface area contributed by atoms with Gasteiger partial charge >= 0.3 is 0 Å². The van der Waals surface area contributed by atoms with Gasteiger partial charge in [-0.25, -0.2) is 4.39 Å². The van der Waals surface area contributed by atoms with Gasteiger partial charge in [0.05, 0.1) is 26.5 Å². The zero-order valence-electron chi connectivity index (χ0n) is 23.4. The third-order valence-corrected chi connectivity index (χ3v) is 7.09. The Hall–Kier alpha value is -5.02. The Labute approximate surface area is 243 Å². The third-order valence-electron chi connectivity index (χ3n) is 7.09. The zero-order valence-corrected chi connectivity index (χ0v) is 23.4. The lowest BCUT2D eigenvalue weighted by atomic mass is 9.95. The van der Waals surface area contributed by atoms with Crippen LogP contribution in [0.25, 0.3) is 16.2 Å². The molecule has 218 valence electrons. The van der Waals surface area contributed by atoms with Crippen molar-refractivity contribution in [3.63, 3.8) is 0 Å². The van der Waals surface area contributed by atoms with Crippen molar-refractivity contribution in [3.05, 3.63) is 105 Å². The number of amides is 2. The lowest BCUT2D eigenvalue weighted by Crippen LogP contribution is -2.43. The lowest BCUT2D eigenvalue weighted by molar-refractivity contribution is -0.119. The fourth-order valence-corrected chi connectivity index (χ4v) is 4.94. The summed E-state index contributed by atoms with van der Waals surface area (Å²) >= 11 is 0. The summed E-state index contributed by atoms with van der Waals surface area (Å²) in [5, 5.41) is 18.4. The van der Waals surface area contributed by atoms with Crippen molar-refractivity contribution in [1.82, 2.24) is 10.2 Å². The minimum atomic E-state index is -0.705. The zero-order chi connectivity index (χ0) is 30.1. The predicted octanol–water partition coefficient (Wildman–Crippen LogP) is 6.80. The first-order valence-corrected chi connectivity index (χ1v) is 13.5. The molecule has 0 spiro atoms. The van der Waals surface area contributed by atoms with Gasteiger partial charge in [-0.1, -0.05) is 54.7 Å². The number of carbonyl (C=O) groups is 2. The molecule has 11 heteroatoms. The predicted molar refractivity (Wildman–Crippen MR) is 156 cm³/mol. The fourth-order valence-electron chi connectivity index (χ4n) is 4.94. The van der Waals surface area contributed by atoms with Crippen LogP contribution in [0.4, 0.5) is 10.1 Å². The molecule has 1 saturated carbocycles. The van der Waals surface area contributed by atoms with Gasteiger partial charge in [-0.15, -0.1) is 0 Å². The highest BCUT2D eigenvalue weighted by molar-refractivity contribution is 6.08. The van der Waals surface area contributed by atoms with Gasteiger partial charge in [0.1, 0.15) is 5.82 Å². The topological polar surface area (TPSA) is 137 Å². The summed E-state index contributed by atoms with van der Waals surface area (Å²) in [6.07, 6.45) is 4.49. The number of halogens is 1. The van der Waals surface area contributed by atoms with Crippen LogP contribution < -0.4 is 14.8 Å². The number of rotatable bonds is 10. The summed E-state index contributed by atoms with van der Waals surface area (Å²) in [5.41, 5.74) is 9.53. The van der Waals surface area contributed by atoms with Gasteiger partial charge in [0, 0.05) is 22.1 Å². The molecule has 0 radical (unpaired) electrons. The van der Waals surface area contributed by atoms with Crippen LogP contribution in [-0.2, 0) is 11.3 Å². The lowest BCUT2D eigenvalue weighted by Gasteiger charge is -2.29. The van der Waals surface area contributed by atoms with E-state index in [-0.39, 0.29) is 35.1 Å². The Balaban J connectivity index is 1.91. The molecule has 42 heavy (non-hydrogen) atoms. The smallest absolute Gasteiger partial charge is 0.272 e. The Bertz CT molecular complexity index is 1510. The average molecular weight is 574 g/mol. The highest BCUT2D eigenvalue weighted by Crippen LogP contribution is 2.33. The van der Waals surface area contributed by atoms with E-state index in [1.54, 1.807) is 24.3 Å². The summed E-state index contributed by atoms with van der Waals surface area (Å²) < 4.78 is 24.5. The number of hydrogen-bond acceptors (Lipinski definition) is 6. The Morgan fingerprint density at radius 3 is 2.38 bits per heavy atom. The van der Waals surface area contributed by atoms with Crippen molar-refractivity contribution in [3.8, 4) is 11.5 Å². The quantitative estimate of drug-likeness (QED) is 0.0903. The van der Waals surface area contributed by atoms with Gasteiger partial charge < -0.3 is 19.9 Å². The molecular formula is C31H32FN5O5. The molecule has 0 bridgehead atoms. The highest BCUT2D eigenvalue weighted by atomic mass is 19.1. The fraction of sp³-hybridized carbons (Fsp3) is 0.290. The van der Waals surface area contributed by atoms with Crippen LogP contribution in [0.2, 0.25) is 0 Å². The van der Waals surface area contributed by atoms with Gasteiger partial charge in [-0.3, -0.25) is 14.5 Å². The van der Waals surface area contributed by atoms with E-state index in [0.29, 0.717) is 17.1 Å². The van der Waals surface area contributed by atoms with Gasteiger partial charge in [0.25, 0.3) is 11.8 Å². The molecule has 1 fully saturated rings. The van der Waals surface area contributed by atoms with Crippen LogP contribution in [-0.4, -0.2) is 42.1 Å². The van der Waals surface area contributed by atoms with E-state index in [2.05, 4.69) is 15.3 Å². The number of hydrogen-bond donors (Lipinski definition) is 2. The Kier molecular flexibility index (Phi) is 10.0. The molecule has 3 aromatic carbocycles. The minimum Gasteiger partial charge on any atom is -0.505 e. The van der Waals surface area contributed by atoms with Crippen LogP contribution in [0.1, 0.15) is 53.6 Å².